The molecular weight excluding hydrogens is 210 g/mol. The van der Waals surface area contributed by atoms with Gasteiger partial charge in [0.1, 0.15) is 5.75 Å². The van der Waals surface area contributed by atoms with Crippen LogP contribution < -0.4 is 10.1 Å². The highest BCUT2D eigenvalue weighted by Gasteiger charge is 2.08. The van der Waals surface area contributed by atoms with Gasteiger partial charge in [0.15, 0.2) is 0 Å². The maximum absolute atomic E-state index is 5.87. The third-order valence-electron chi connectivity index (χ3n) is 3.11. The molecule has 0 amide bonds. The molecule has 0 aliphatic rings. The molecule has 2 nitrogen and oxygen atoms in total. The van der Waals surface area contributed by atoms with Crippen LogP contribution in [0, 0.1) is 6.92 Å². The van der Waals surface area contributed by atoms with E-state index in [-0.39, 0.29) is 6.10 Å². The lowest BCUT2D eigenvalue weighted by atomic mass is 10.0. The van der Waals surface area contributed by atoms with Gasteiger partial charge in [0.05, 0.1) is 6.10 Å². The summed E-state index contributed by atoms with van der Waals surface area (Å²) in [5, 5.41) is 3.42. The minimum absolute atomic E-state index is 0.283. The quantitative estimate of drug-likeness (QED) is 0.809. The maximum atomic E-state index is 5.87. The molecule has 0 radical (unpaired) electrons. The first-order valence-electron chi connectivity index (χ1n) is 6.59. The van der Waals surface area contributed by atoms with Crippen molar-refractivity contribution in [2.24, 2.45) is 0 Å². The van der Waals surface area contributed by atoms with Crippen molar-refractivity contribution in [1.29, 1.82) is 0 Å². The summed E-state index contributed by atoms with van der Waals surface area (Å²) in [5.41, 5.74) is 2.54. The number of nitrogens with one attached hydrogen (secondary N) is 1. The van der Waals surface area contributed by atoms with Crippen molar-refractivity contribution in [3.8, 4) is 5.75 Å². The van der Waals surface area contributed by atoms with Gasteiger partial charge in [-0.2, -0.15) is 0 Å². The summed E-state index contributed by atoms with van der Waals surface area (Å²) in [5.74, 6) is 1.01. The smallest absolute Gasteiger partial charge is 0.122 e. The Labute approximate surface area is 105 Å². The van der Waals surface area contributed by atoms with Gasteiger partial charge in [-0.05, 0) is 50.9 Å². The molecule has 17 heavy (non-hydrogen) atoms. The van der Waals surface area contributed by atoms with Crippen molar-refractivity contribution < 1.29 is 4.74 Å². The Hall–Kier alpha value is -1.02. The maximum Gasteiger partial charge on any atom is 0.122 e. The van der Waals surface area contributed by atoms with Crippen LogP contribution in [0.15, 0.2) is 18.2 Å². The average molecular weight is 235 g/mol. The fourth-order valence-electron chi connectivity index (χ4n) is 1.80. The van der Waals surface area contributed by atoms with Crippen LogP contribution in [0.4, 0.5) is 0 Å². The monoisotopic (exact) mass is 235 g/mol. The van der Waals surface area contributed by atoms with E-state index < -0.39 is 0 Å². The van der Waals surface area contributed by atoms with Gasteiger partial charge in [-0.3, -0.25) is 0 Å². The van der Waals surface area contributed by atoms with Crippen LogP contribution in [0.5, 0.6) is 5.75 Å². The third-order valence-corrected chi connectivity index (χ3v) is 3.11. The van der Waals surface area contributed by atoms with Gasteiger partial charge < -0.3 is 10.1 Å². The van der Waals surface area contributed by atoms with Crippen molar-refractivity contribution in [3.05, 3.63) is 29.3 Å². The second-order valence-corrected chi connectivity index (χ2v) is 4.64. The van der Waals surface area contributed by atoms with E-state index in [2.05, 4.69) is 58.1 Å². The summed E-state index contributed by atoms with van der Waals surface area (Å²) in [6.45, 7) is 11.7. The van der Waals surface area contributed by atoms with Crippen LogP contribution in [-0.2, 0) is 0 Å². The molecule has 2 unspecified atom stereocenters. The molecule has 0 saturated carbocycles. The number of benzene rings is 1. The van der Waals surface area contributed by atoms with Crippen LogP contribution in [0.1, 0.15) is 51.3 Å². The topological polar surface area (TPSA) is 21.3 Å². The summed E-state index contributed by atoms with van der Waals surface area (Å²) in [6.07, 6.45) is 1.32. The third kappa shape index (κ3) is 4.04. The second-order valence-electron chi connectivity index (χ2n) is 4.64. The lowest BCUT2D eigenvalue weighted by Gasteiger charge is -2.18. The Morgan fingerprint density at radius 2 is 1.94 bits per heavy atom. The number of aryl methyl sites for hydroxylation is 1. The first kappa shape index (κ1) is 14.0. The highest BCUT2D eigenvalue weighted by molar-refractivity contribution is 5.37. The second kappa shape index (κ2) is 6.65. The number of rotatable bonds is 6. The largest absolute Gasteiger partial charge is 0.490 e. The molecule has 2 heteroatoms. The first-order valence-corrected chi connectivity index (χ1v) is 6.59. The highest BCUT2D eigenvalue weighted by Crippen LogP contribution is 2.24. The van der Waals surface area contributed by atoms with E-state index in [1.807, 2.05) is 0 Å². The van der Waals surface area contributed by atoms with Crippen molar-refractivity contribution in [2.45, 2.75) is 53.2 Å². The van der Waals surface area contributed by atoms with Crippen molar-refractivity contribution >= 4 is 0 Å². The lowest BCUT2D eigenvalue weighted by molar-refractivity contribution is 0.216. The van der Waals surface area contributed by atoms with Gasteiger partial charge >= 0.3 is 0 Å². The van der Waals surface area contributed by atoms with E-state index in [1.54, 1.807) is 0 Å². The molecule has 1 aromatic rings. The minimum atomic E-state index is 0.283. The van der Waals surface area contributed by atoms with Crippen LogP contribution in [0.25, 0.3) is 0 Å². The summed E-state index contributed by atoms with van der Waals surface area (Å²) in [6, 6.07) is 6.85. The number of ether oxygens (including phenoxy) is 1. The predicted molar refractivity (Wildman–Crippen MR) is 73.7 cm³/mol. The standard InChI is InChI=1S/C15H25NO/c1-6-12(4)17-15-9-8-14(10-11(15)3)13(5)16-7-2/h8-10,12-13,16H,6-7H2,1-5H3. The summed E-state index contributed by atoms with van der Waals surface area (Å²) < 4.78 is 5.87. The van der Waals surface area contributed by atoms with Crippen LogP contribution in [-0.4, -0.2) is 12.6 Å². The molecule has 0 aliphatic heterocycles. The van der Waals surface area contributed by atoms with Gasteiger partial charge in [-0.15, -0.1) is 0 Å². The summed E-state index contributed by atoms with van der Waals surface area (Å²) in [7, 11) is 0. The number of hydrogen-bond donors (Lipinski definition) is 1. The summed E-state index contributed by atoms with van der Waals surface area (Å²) >= 11 is 0. The van der Waals surface area contributed by atoms with E-state index in [0.29, 0.717) is 6.04 Å². The Balaban J connectivity index is 2.78. The van der Waals surface area contributed by atoms with E-state index in [9.17, 15) is 0 Å². The lowest BCUT2D eigenvalue weighted by Crippen LogP contribution is -2.18. The predicted octanol–water partition coefficient (Wildman–Crippen LogP) is 3.84. The molecule has 1 aromatic carbocycles. The molecule has 0 aromatic heterocycles. The zero-order valence-electron chi connectivity index (χ0n) is 11.7. The zero-order valence-corrected chi connectivity index (χ0v) is 11.7. The van der Waals surface area contributed by atoms with Gasteiger partial charge in [0.25, 0.3) is 0 Å². The molecule has 2 atom stereocenters. The minimum Gasteiger partial charge on any atom is -0.490 e. The molecule has 0 aliphatic carbocycles. The zero-order chi connectivity index (χ0) is 12.8. The first-order chi connectivity index (χ1) is 8.08. The van der Waals surface area contributed by atoms with Gasteiger partial charge in [0, 0.05) is 6.04 Å². The molecule has 0 bridgehead atoms. The molecule has 0 heterocycles. The highest BCUT2D eigenvalue weighted by atomic mass is 16.5. The fraction of sp³-hybridized carbons (Fsp3) is 0.600. The van der Waals surface area contributed by atoms with Gasteiger partial charge in [0.2, 0.25) is 0 Å². The van der Waals surface area contributed by atoms with Crippen molar-refractivity contribution in [3.63, 3.8) is 0 Å². The van der Waals surface area contributed by atoms with Crippen LogP contribution >= 0.6 is 0 Å². The SMILES string of the molecule is CCNC(C)c1ccc(OC(C)CC)c(C)c1. The Bertz CT molecular complexity index is 349. The average Bonchev–Trinajstić information content (AvgIpc) is 2.31. The van der Waals surface area contributed by atoms with E-state index in [1.165, 1.54) is 11.1 Å². The van der Waals surface area contributed by atoms with E-state index >= 15 is 0 Å². The molecule has 1 rings (SSSR count). The van der Waals surface area contributed by atoms with Crippen LogP contribution in [0.3, 0.4) is 0 Å². The molecular formula is C15H25NO. The van der Waals surface area contributed by atoms with Gasteiger partial charge in [-0.25, -0.2) is 0 Å². The van der Waals surface area contributed by atoms with Crippen molar-refractivity contribution in [1.82, 2.24) is 5.32 Å². The normalized spacial score (nSPS) is 14.4. The van der Waals surface area contributed by atoms with E-state index in [4.69, 9.17) is 4.74 Å². The molecule has 0 fully saturated rings. The van der Waals surface area contributed by atoms with E-state index in [0.717, 1.165) is 18.7 Å². The molecule has 96 valence electrons. The molecule has 0 spiro atoms. The van der Waals surface area contributed by atoms with Gasteiger partial charge in [-0.1, -0.05) is 26.0 Å². The molecule has 0 saturated heterocycles. The fourth-order valence-corrected chi connectivity index (χ4v) is 1.80. The Morgan fingerprint density at radius 1 is 1.24 bits per heavy atom. The molecule has 1 N–H and O–H groups in total. The van der Waals surface area contributed by atoms with Crippen molar-refractivity contribution in [2.75, 3.05) is 6.54 Å². The number of hydrogen-bond acceptors (Lipinski definition) is 2. The Kier molecular flexibility index (Phi) is 5.49. The Morgan fingerprint density at radius 3 is 2.47 bits per heavy atom. The summed E-state index contributed by atoms with van der Waals surface area (Å²) in [4.78, 5) is 0. The van der Waals surface area contributed by atoms with Crippen LogP contribution in [0.2, 0.25) is 0 Å².